The van der Waals surface area contributed by atoms with Crippen LogP contribution in [-0.4, -0.2) is 17.8 Å². The number of nitrogen functional groups attached to an aromatic ring is 1. The number of anilines is 1. The number of rotatable bonds is 0. The molecule has 0 saturated carbocycles. The minimum Gasteiger partial charge on any atom is -0.382 e. The molecule has 3 nitrogen and oxygen atoms in total. The van der Waals surface area contributed by atoms with Crippen molar-refractivity contribution in [1.82, 2.24) is 9.97 Å². The number of aryl methyl sites for hydroxylation is 1. The van der Waals surface area contributed by atoms with Gasteiger partial charge in [-0.05, 0) is 6.92 Å². The summed E-state index contributed by atoms with van der Waals surface area (Å²) in [5, 5.41) is 0. The van der Waals surface area contributed by atoms with Crippen molar-refractivity contribution < 1.29 is 0 Å². The number of hydrogen-bond acceptors (Lipinski definition) is 3. The topological polar surface area (TPSA) is 51.8 Å². The molecule has 1 heterocycles. The van der Waals surface area contributed by atoms with Crippen LogP contribution in [-0.2, 0) is 0 Å². The molecule has 4 heteroatoms. The summed E-state index contributed by atoms with van der Waals surface area (Å²) in [5.41, 5.74) is 6.38. The summed E-state index contributed by atoms with van der Waals surface area (Å²) >= 11 is 0. The molecule has 0 bridgehead atoms. The predicted octanol–water partition coefficient (Wildman–Crippen LogP) is -0.839. The van der Waals surface area contributed by atoms with E-state index in [0.717, 1.165) is 0 Å². The van der Waals surface area contributed by atoms with Crippen LogP contribution in [0.25, 0.3) is 0 Å². The van der Waals surface area contributed by atoms with E-state index in [1.165, 1.54) is 6.20 Å². The van der Waals surface area contributed by atoms with Gasteiger partial charge in [0.1, 0.15) is 13.7 Å². The Hall–Kier alpha value is -1.06. The van der Waals surface area contributed by atoms with Crippen molar-refractivity contribution in [1.29, 1.82) is 0 Å². The van der Waals surface area contributed by atoms with E-state index in [2.05, 4.69) is 9.97 Å². The molecule has 2 radical (unpaired) electrons. The second-order valence-corrected chi connectivity index (χ2v) is 1.77. The third-order valence-electron chi connectivity index (χ3n) is 1.01. The molecule has 44 valence electrons. The van der Waals surface area contributed by atoms with Crippen molar-refractivity contribution in [3.05, 3.63) is 11.9 Å². The van der Waals surface area contributed by atoms with Crippen molar-refractivity contribution in [3.63, 3.8) is 0 Å². The van der Waals surface area contributed by atoms with Gasteiger partial charge in [0.2, 0.25) is 0 Å². The van der Waals surface area contributed by atoms with Gasteiger partial charge in [-0.3, -0.25) is 4.98 Å². The molecular formula is C5H6BN3. The van der Waals surface area contributed by atoms with Gasteiger partial charge in [-0.1, -0.05) is 0 Å². The fourth-order valence-electron chi connectivity index (χ4n) is 0.478. The lowest BCUT2D eigenvalue weighted by atomic mass is 10.0. The molecule has 1 rings (SSSR count). The lowest BCUT2D eigenvalue weighted by Crippen LogP contribution is -2.15. The standard InChI is InChI=1S/C5H6BN3/c1-3-5(6)9-4(7)2-8-3/h2H,1H3,(H2,7,9). The van der Waals surface area contributed by atoms with E-state index < -0.39 is 0 Å². The van der Waals surface area contributed by atoms with Crippen LogP contribution in [0.1, 0.15) is 5.69 Å². The number of aromatic nitrogens is 2. The largest absolute Gasteiger partial charge is 0.382 e. The van der Waals surface area contributed by atoms with Crippen LogP contribution in [0.2, 0.25) is 0 Å². The van der Waals surface area contributed by atoms with E-state index >= 15 is 0 Å². The highest BCUT2D eigenvalue weighted by Gasteiger charge is 1.92. The Kier molecular flexibility index (Phi) is 1.38. The maximum absolute atomic E-state index is 5.37. The molecule has 0 saturated heterocycles. The van der Waals surface area contributed by atoms with Crippen molar-refractivity contribution in [2.75, 3.05) is 5.73 Å². The van der Waals surface area contributed by atoms with Gasteiger partial charge in [-0.25, -0.2) is 4.98 Å². The fourth-order valence-corrected chi connectivity index (χ4v) is 0.478. The fraction of sp³-hybridized carbons (Fsp3) is 0.200. The monoisotopic (exact) mass is 119 g/mol. The third-order valence-corrected chi connectivity index (χ3v) is 1.01. The van der Waals surface area contributed by atoms with E-state index in [0.29, 0.717) is 17.1 Å². The van der Waals surface area contributed by atoms with Crippen LogP contribution in [0.5, 0.6) is 0 Å². The quantitative estimate of drug-likeness (QED) is 0.453. The first-order valence-electron chi connectivity index (χ1n) is 2.55. The van der Waals surface area contributed by atoms with E-state index in [1.54, 1.807) is 6.92 Å². The van der Waals surface area contributed by atoms with Crippen LogP contribution < -0.4 is 11.3 Å². The van der Waals surface area contributed by atoms with Crippen LogP contribution in [0.15, 0.2) is 6.20 Å². The van der Waals surface area contributed by atoms with Gasteiger partial charge in [0.15, 0.2) is 0 Å². The highest BCUT2D eigenvalue weighted by Crippen LogP contribution is 1.88. The predicted molar refractivity (Wildman–Crippen MR) is 36.6 cm³/mol. The Bertz CT molecular complexity index is 223. The number of nitrogens with zero attached hydrogens (tertiary/aromatic N) is 2. The van der Waals surface area contributed by atoms with Crippen LogP contribution in [0.4, 0.5) is 5.82 Å². The van der Waals surface area contributed by atoms with Gasteiger partial charge < -0.3 is 5.73 Å². The molecule has 2 N–H and O–H groups in total. The number of hydrogen-bond donors (Lipinski definition) is 1. The smallest absolute Gasteiger partial charge is 0.144 e. The van der Waals surface area contributed by atoms with E-state index in [4.69, 9.17) is 13.6 Å². The Morgan fingerprint density at radius 3 is 2.78 bits per heavy atom. The molecule has 0 aliphatic carbocycles. The van der Waals surface area contributed by atoms with E-state index in [1.807, 2.05) is 0 Å². The average Bonchev–Trinajstić information content (AvgIpc) is 1.80. The Morgan fingerprint density at radius 1 is 1.67 bits per heavy atom. The van der Waals surface area contributed by atoms with Crippen molar-refractivity contribution in [2.45, 2.75) is 6.92 Å². The Labute approximate surface area is 54.7 Å². The number of nitrogens with two attached hydrogens (primary N) is 1. The minimum absolute atomic E-state index is 0.359. The van der Waals surface area contributed by atoms with Crippen LogP contribution in [0, 0.1) is 6.92 Å². The van der Waals surface area contributed by atoms with E-state index in [-0.39, 0.29) is 0 Å². The first-order valence-corrected chi connectivity index (χ1v) is 2.55. The summed E-state index contributed by atoms with van der Waals surface area (Å²) in [6.07, 6.45) is 1.48. The highest BCUT2D eigenvalue weighted by molar-refractivity contribution is 6.31. The molecule has 0 aromatic carbocycles. The first-order chi connectivity index (χ1) is 4.20. The second-order valence-electron chi connectivity index (χ2n) is 1.77. The van der Waals surface area contributed by atoms with Crippen LogP contribution in [0.3, 0.4) is 0 Å². The Morgan fingerprint density at radius 2 is 2.33 bits per heavy atom. The van der Waals surface area contributed by atoms with Crippen molar-refractivity contribution >= 4 is 19.3 Å². The minimum atomic E-state index is 0.359. The summed E-state index contributed by atoms with van der Waals surface area (Å²) < 4.78 is 0. The molecule has 0 fully saturated rings. The summed E-state index contributed by atoms with van der Waals surface area (Å²) in [7, 11) is 5.37. The summed E-state index contributed by atoms with van der Waals surface area (Å²) in [6.45, 7) is 1.78. The van der Waals surface area contributed by atoms with Crippen molar-refractivity contribution in [3.8, 4) is 0 Å². The molecule has 0 spiro atoms. The third kappa shape index (κ3) is 1.19. The molecular weight excluding hydrogens is 113 g/mol. The summed E-state index contributed by atoms with van der Waals surface area (Å²) in [6, 6.07) is 0. The van der Waals surface area contributed by atoms with Gasteiger partial charge >= 0.3 is 0 Å². The highest BCUT2D eigenvalue weighted by atomic mass is 14.9. The molecule has 0 aliphatic rings. The molecule has 1 aromatic rings. The van der Waals surface area contributed by atoms with Crippen LogP contribution >= 0.6 is 0 Å². The molecule has 0 atom stereocenters. The molecule has 1 aromatic heterocycles. The van der Waals surface area contributed by atoms with Gasteiger partial charge in [0.05, 0.1) is 6.20 Å². The van der Waals surface area contributed by atoms with Gasteiger partial charge in [0.25, 0.3) is 0 Å². The van der Waals surface area contributed by atoms with Crippen molar-refractivity contribution in [2.24, 2.45) is 0 Å². The molecule has 0 unspecified atom stereocenters. The molecule has 0 aliphatic heterocycles. The lowest BCUT2D eigenvalue weighted by molar-refractivity contribution is 1.16. The SMILES string of the molecule is [B]c1nc(N)cnc1C. The first kappa shape index (κ1) is 6.07. The second kappa shape index (κ2) is 2.05. The molecule has 0 amide bonds. The summed E-state index contributed by atoms with van der Waals surface area (Å²) in [4.78, 5) is 7.63. The lowest BCUT2D eigenvalue weighted by Gasteiger charge is -1.96. The zero-order valence-electron chi connectivity index (χ0n) is 5.13. The average molecular weight is 119 g/mol. The molecule has 9 heavy (non-hydrogen) atoms. The maximum Gasteiger partial charge on any atom is 0.144 e. The van der Waals surface area contributed by atoms with Gasteiger partial charge in [-0.2, -0.15) is 0 Å². The zero-order chi connectivity index (χ0) is 6.85. The summed E-state index contributed by atoms with van der Waals surface area (Å²) in [5.74, 6) is 0.359. The Balaban J connectivity index is 3.17. The zero-order valence-corrected chi connectivity index (χ0v) is 5.13. The maximum atomic E-state index is 5.37. The van der Waals surface area contributed by atoms with Gasteiger partial charge in [-0.15, -0.1) is 0 Å². The van der Waals surface area contributed by atoms with Gasteiger partial charge in [0, 0.05) is 11.3 Å². The van der Waals surface area contributed by atoms with E-state index in [9.17, 15) is 0 Å². The normalized spacial score (nSPS) is 9.44.